The minimum Gasteiger partial charge on any atom is -0.457 e. The predicted molar refractivity (Wildman–Crippen MR) is 162 cm³/mol. The Morgan fingerprint density at radius 1 is 1.02 bits per heavy atom. The molecule has 0 saturated carbocycles. The summed E-state index contributed by atoms with van der Waals surface area (Å²) in [6.45, 7) is 11.6. The standard InChI is InChI=1S/C32H51N3O8/c1-22(21-41-31(39)35-14-13-27(37)20-35)7-6-8-24(3)30-25(4)10-12-28(23(2)9-11-26(36)19-29(38)43-30)42-32(40)34-17-15-33(5)16-18-34/h6-8,10,12,22-23,25-28,30,36-37H,9,11,13-21H2,1-5H3/b7-6-,12-10-,24-8+/t22-,23+,25+,26-,27-,28+,30-/m1/s1. The molecule has 242 valence electrons. The Morgan fingerprint density at radius 3 is 2.42 bits per heavy atom. The molecule has 2 N–H and O–H groups in total. The van der Waals surface area contributed by atoms with Crippen molar-refractivity contribution < 1.29 is 38.8 Å². The van der Waals surface area contributed by atoms with E-state index < -0.39 is 36.5 Å². The Bertz CT molecular complexity index is 1020. The van der Waals surface area contributed by atoms with E-state index >= 15 is 0 Å². The molecule has 0 aromatic carbocycles. The lowest BCUT2D eigenvalue weighted by molar-refractivity contribution is -0.151. The van der Waals surface area contributed by atoms with Crippen LogP contribution in [0.3, 0.4) is 0 Å². The molecule has 0 spiro atoms. The molecule has 2 saturated heterocycles. The van der Waals surface area contributed by atoms with E-state index in [-0.39, 0.29) is 36.9 Å². The van der Waals surface area contributed by atoms with Gasteiger partial charge in [-0.2, -0.15) is 0 Å². The van der Waals surface area contributed by atoms with E-state index in [9.17, 15) is 24.6 Å². The third kappa shape index (κ3) is 11.3. The van der Waals surface area contributed by atoms with Crippen LogP contribution < -0.4 is 0 Å². The molecule has 2 amide bonds. The number of rotatable bonds is 6. The van der Waals surface area contributed by atoms with E-state index in [0.717, 1.165) is 18.7 Å². The van der Waals surface area contributed by atoms with E-state index in [1.165, 1.54) is 4.90 Å². The number of carbonyl (C=O) groups is 3. The van der Waals surface area contributed by atoms with Crippen molar-refractivity contribution >= 4 is 18.2 Å². The fraction of sp³-hybridized carbons (Fsp3) is 0.719. The Morgan fingerprint density at radius 2 is 1.74 bits per heavy atom. The summed E-state index contributed by atoms with van der Waals surface area (Å²) in [5.74, 6) is -0.789. The van der Waals surface area contributed by atoms with Gasteiger partial charge in [0, 0.05) is 51.1 Å². The molecule has 3 aliphatic heterocycles. The molecule has 0 bridgehead atoms. The van der Waals surface area contributed by atoms with Gasteiger partial charge in [-0.3, -0.25) is 4.79 Å². The molecule has 3 aliphatic rings. The van der Waals surface area contributed by atoms with Crippen molar-refractivity contribution in [1.82, 2.24) is 14.7 Å². The van der Waals surface area contributed by atoms with E-state index in [1.807, 2.05) is 65.1 Å². The third-order valence-electron chi connectivity index (χ3n) is 8.40. The highest BCUT2D eigenvalue weighted by Gasteiger charge is 2.29. The number of hydrogen-bond acceptors (Lipinski definition) is 9. The van der Waals surface area contributed by atoms with E-state index in [2.05, 4.69) is 4.90 Å². The number of likely N-dealkylation sites (N-methyl/N-ethyl adjacent to an activating group) is 1. The summed E-state index contributed by atoms with van der Waals surface area (Å²) in [5.41, 5.74) is 0.808. The summed E-state index contributed by atoms with van der Waals surface area (Å²) in [4.78, 5) is 43.3. The van der Waals surface area contributed by atoms with Gasteiger partial charge in [0.25, 0.3) is 0 Å². The molecule has 43 heavy (non-hydrogen) atoms. The van der Waals surface area contributed by atoms with Gasteiger partial charge in [-0.05, 0) is 50.8 Å². The molecular weight excluding hydrogens is 554 g/mol. The number of hydrogen-bond donors (Lipinski definition) is 2. The van der Waals surface area contributed by atoms with Gasteiger partial charge in [-0.1, -0.05) is 45.1 Å². The molecule has 11 heteroatoms. The number of amides is 2. The number of carbonyl (C=O) groups excluding carboxylic acids is 3. The largest absolute Gasteiger partial charge is 0.457 e. The van der Waals surface area contributed by atoms with Crippen molar-refractivity contribution in [3.63, 3.8) is 0 Å². The normalized spacial score (nSPS) is 31.6. The fourth-order valence-electron chi connectivity index (χ4n) is 5.38. The SMILES string of the molecule is C/C(=C\C=C/[C@@H](C)COC(=O)N1CC[C@@H](O)C1)[C@H]1OC(=O)C[C@H](O)CC[C@H](C)[C@@H](OC(=O)N2CCN(C)CC2)/C=C\[C@@H]1C. The van der Waals surface area contributed by atoms with E-state index in [1.54, 1.807) is 4.90 Å². The Hall–Kier alpha value is -2.89. The average Bonchev–Trinajstić information content (AvgIpc) is 3.41. The zero-order chi connectivity index (χ0) is 31.5. The number of aliphatic hydroxyl groups excluding tert-OH is 2. The van der Waals surface area contributed by atoms with Gasteiger partial charge in [0.2, 0.25) is 0 Å². The maximum Gasteiger partial charge on any atom is 0.410 e. The van der Waals surface area contributed by atoms with Crippen molar-refractivity contribution in [2.24, 2.45) is 17.8 Å². The molecule has 0 aromatic heterocycles. The van der Waals surface area contributed by atoms with E-state index in [4.69, 9.17) is 14.2 Å². The van der Waals surface area contributed by atoms with Crippen LogP contribution in [0.1, 0.15) is 53.4 Å². The van der Waals surface area contributed by atoms with Crippen LogP contribution in [0.15, 0.2) is 36.0 Å². The van der Waals surface area contributed by atoms with Crippen LogP contribution in [-0.2, 0) is 19.0 Å². The lowest BCUT2D eigenvalue weighted by Crippen LogP contribution is -2.48. The third-order valence-corrected chi connectivity index (χ3v) is 8.40. The zero-order valence-electron chi connectivity index (χ0n) is 26.4. The molecule has 0 unspecified atom stereocenters. The minimum atomic E-state index is -0.847. The summed E-state index contributed by atoms with van der Waals surface area (Å²) in [5, 5.41) is 20.1. The number of β-amino-alcohol motifs (C(OH)–C–C–N with tert-alkyl or cyclic N) is 1. The van der Waals surface area contributed by atoms with Crippen molar-refractivity contribution in [3.05, 3.63) is 36.0 Å². The van der Waals surface area contributed by atoms with Gasteiger partial charge in [0.1, 0.15) is 12.2 Å². The Balaban J connectivity index is 1.66. The van der Waals surface area contributed by atoms with Crippen LogP contribution in [0.2, 0.25) is 0 Å². The minimum absolute atomic E-state index is 0.0471. The monoisotopic (exact) mass is 605 g/mol. The first-order valence-corrected chi connectivity index (χ1v) is 15.6. The van der Waals surface area contributed by atoms with Crippen molar-refractivity contribution in [3.8, 4) is 0 Å². The summed E-state index contributed by atoms with van der Waals surface area (Å²) in [6, 6.07) is 0. The number of aliphatic hydroxyl groups is 2. The van der Waals surface area contributed by atoms with Crippen molar-refractivity contribution in [2.45, 2.75) is 77.8 Å². The van der Waals surface area contributed by atoms with Gasteiger partial charge in [-0.15, -0.1) is 0 Å². The summed E-state index contributed by atoms with van der Waals surface area (Å²) in [6.07, 6.45) is 7.74. The molecule has 2 fully saturated rings. The molecule has 0 aromatic rings. The molecule has 11 nitrogen and oxygen atoms in total. The van der Waals surface area contributed by atoms with Gasteiger partial charge < -0.3 is 39.1 Å². The maximum absolute atomic E-state index is 13.0. The number of nitrogens with zero attached hydrogens (tertiary/aromatic N) is 3. The van der Waals surface area contributed by atoms with Crippen molar-refractivity contribution in [2.75, 3.05) is 52.9 Å². The quantitative estimate of drug-likeness (QED) is 0.203. The second-order valence-electron chi connectivity index (χ2n) is 12.4. The molecule has 3 heterocycles. The highest BCUT2D eigenvalue weighted by atomic mass is 16.6. The molecule has 0 aliphatic carbocycles. The second-order valence-corrected chi connectivity index (χ2v) is 12.4. The van der Waals surface area contributed by atoms with Crippen LogP contribution in [-0.4, -0.2) is 120 Å². The van der Waals surface area contributed by atoms with Gasteiger partial charge in [-0.25, -0.2) is 9.59 Å². The second kappa shape index (κ2) is 16.8. The number of likely N-dealkylation sites (tertiary alicyclic amines) is 1. The fourth-order valence-corrected chi connectivity index (χ4v) is 5.38. The van der Waals surface area contributed by atoms with Gasteiger partial charge >= 0.3 is 18.2 Å². The van der Waals surface area contributed by atoms with E-state index in [0.29, 0.717) is 45.4 Å². The first-order chi connectivity index (χ1) is 20.4. The highest BCUT2D eigenvalue weighted by molar-refractivity contribution is 5.70. The summed E-state index contributed by atoms with van der Waals surface area (Å²) < 4.78 is 17.2. The molecule has 3 rings (SSSR count). The Kier molecular flexibility index (Phi) is 13.5. The predicted octanol–water partition coefficient (Wildman–Crippen LogP) is 3.37. The first kappa shape index (κ1) is 34.6. The molecule has 0 radical (unpaired) electrons. The van der Waals surface area contributed by atoms with Crippen LogP contribution in [0.5, 0.6) is 0 Å². The number of piperazine rings is 1. The first-order valence-electron chi connectivity index (χ1n) is 15.6. The van der Waals surface area contributed by atoms with Crippen molar-refractivity contribution in [1.29, 1.82) is 0 Å². The Labute approximate surface area is 256 Å². The average molecular weight is 606 g/mol. The van der Waals surface area contributed by atoms with Gasteiger partial charge in [0.05, 0.1) is 25.2 Å². The topological polar surface area (TPSA) is 129 Å². The smallest absolute Gasteiger partial charge is 0.410 e. The van der Waals surface area contributed by atoms with Crippen LogP contribution >= 0.6 is 0 Å². The number of allylic oxidation sites excluding steroid dienone is 2. The number of ether oxygens (including phenoxy) is 3. The van der Waals surface area contributed by atoms with Gasteiger partial charge in [0.15, 0.2) is 0 Å². The lowest BCUT2D eigenvalue weighted by atomic mass is 9.92. The van der Waals surface area contributed by atoms with Crippen LogP contribution in [0, 0.1) is 17.8 Å². The number of cyclic esters (lactones) is 1. The summed E-state index contributed by atoms with van der Waals surface area (Å²) >= 11 is 0. The van der Waals surface area contributed by atoms with Crippen LogP contribution in [0.25, 0.3) is 0 Å². The molecular formula is C32H51N3O8. The maximum atomic E-state index is 13.0. The zero-order valence-corrected chi connectivity index (χ0v) is 26.4. The number of esters is 1. The van der Waals surface area contributed by atoms with Crippen LogP contribution in [0.4, 0.5) is 9.59 Å². The lowest BCUT2D eigenvalue weighted by Gasteiger charge is -2.33. The summed E-state index contributed by atoms with van der Waals surface area (Å²) in [7, 11) is 2.03. The highest BCUT2D eigenvalue weighted by Crippen LogP contribution is 2.25. The molecule has 7 atom stereocenters.